The normalized spacial score (nSPS) is 15.2. The molecular weight excluding hydrogens is 276 g/mol. The predicted molar refractivity (Wildman–Crippen MR) is 83.5 cm³/mol. The Labute approximate surface area is 124 Å². The molecular formula is C15H32O4S. The number of aliphatic hydroxyl groups is 1. The van der Waals surface area contributed by atoms with Gasteiger partial charge in [-0.1, -0.05) is 58.8 Å². The van der Waals surface area contributed by atoms with Gasteiger partial charge in [0, 0.05) is 0 Å². The first-order valence-electron chi connectivity index (χ1n) is 8.06. The molecule has 20 heavy (non-hydrogen) atoms. The van der Waals surface area contributed by atoms with E-state index in [0.717, 1.165) is 38.5 Å². The van der Waals surface area contributed by atoms with E-state index in [1.807, 2.05) is 6.92 Å². The first kappa shape index (κ1) is 19.9. The zero-order chi connectivity index (χ0) is 15.4. The fraction of sp³-hybridized carbons (Fsp3) is 1.00. The lowest BCUT2D eigenvalue weighted by Gasteiger charge is -2.14. The van der Waals surface area contributed by atoms with Crippen LogP contribution >= 0.6 is 0 Å². The van der Waals surface area contributed by atoms with E-state index < -0.39 is 15.4 Å². The van der Waals surface area contributed by atoms with Crippen LogP contribution in [0.3, 0.4) is 0 Å². The van der Waals surface area contributed by atoms with Crippen molar-refractivity contribution in [2.24, 2.45) is 0 Å². The van der Waals surface area contributed by atoms with Gasteiger partial charge < -0.3 is 5.11 Å². The van der Waals surface area contributed by atoms with E-state index in [-0.39, 0.29) is 6.10 Å². The molecule has 0 bridgehead atoms. The first-order chi connectivity index (χ1) is 9.41. The van der Waals surface area contributed by atoms with Gasteiger partial charge in [0.1, 0.15) is 0 Å². The summed E-state index contributed by atoms with van der Waals surface area (Å²) in [5.74, 6) is 0. The van der Waals surface area contributed by atoms with E-state index in [0.29, 0.717) is 12.8 Å². The number of aliphatic hydroxyl groups excluding tert-OH is 1. The molecule has 0 aromatic carbocycles. The third-order valence-electron chi connectivity index (χ3n) is 3.74. The lowest BCUT2D eigenvalue weighted by atomic mass is 10.0. The largest absolute Gasteiger partial charge is 0.393 e. The smallest absolute Gasteiger partial charge is 0.267 e. The molecule has 0 saturated carbocycles. The molecule has 0 spiro atoms. The monoisotopic (exact) mass is 308 g/mol. The maximum Gasteiger partial charge on any atom is 0.267 e. The van der Waals surface area contributed by atoms with Crippen LogP contribution in [0.5, 0.6) is 0 Å². The van der Waals surface area contributed by atoms with Crippen LogP contribution in [0.15, 0.2) is 0 Å². The van der Waals surface area contributed by atoms with Crippen molar-refractivity contribution in [1.82, 2.24) is 0 Å². The Balaban J connectivity index is 3.72. The summed E-state index contributed by atoms with van der Waals surface area (Å²) in [5.41, 5.74) is 0. The second-order valence-corrected chi connectivity index (χ2v) is 7.41. The highest BCUT2D eigenvalue weighted by atomic mass is 32.2. The Kier molecular flexibility index (Phi) is 11.4. The highest BCUT2D eigenvalue weighted by Gasteiger charge is 2.21. The molecule has 4 nitrogen and oxygen atoms in total. The fourth-order valence-electron chi connectivity index (χ4n) is 2.47. The molecule has 0 aromatic heterocycles. The molecule has 0 rings (SSSR count). The van der Waals surface area contributed by atoms with Gasteiger partial charge in [0.15, 0.2) is 0 Å². The van der Waals surface area contributed by atoms with E-state index >= 15 is 0 Å². The Morgan fingerprint density at radius 3 is 1.85 bits per heavy atom. The summed E-state index contributed by atoms with van der Waals surface area (Å²) < 4.78 is 31.4. The van der Waals surface area contributed by atoms with Gasteiger partial charge in [0.05, 0.1) is 11.4 Å². The molecule has 0 aliphatic heterocycles. The van der Waals surface area contributed by atoms with Crippen LogP contribution < -0.4 is 0 Å². The summed E-state index contributed by atoms with van der Waals surface area (Å²) in [7, 11) is -3.91. The summed E-state index contributed by atoms with van der Waals surface area (Å²) in [6.07, 6.45) is 9.31. The van der Waals surface area contributed by atoms with Crippen molar-refractivity contribution >= 4 is 10.1 Å². The number of hydrogen-bond donors (Lipinski definition) is 2. The maximum atomic E-state index is 11.2. The van der Waals surface area contributed by atoms with Gasteiger partial charge in [-0.3, -0.25) is 4.55 Å². The minimum absolute atomic E-state index is 0.262. The summed E-state index contributed by atoms with van der Waals surface area (Å²) in [5, 5.41) is 9.18. The Hall–Kier alpha value is -0.130. The molecule has 0 aromatic rings. The van der Waals surface area contributed by atoms with Crippen molar-refractivity contribution in [3.05, 3.63) is 0 Å². The summed E-state index contributed by atoms with van der Waals surface area (Å²) >= 11 is 0. The topological polar surface area (TPSA) is 74.6 Å². The number of rotatable bonds is 13. The quantitative estimate of drug-likeness (QED) is 0.399. The molecule has 122 valence electrons. The first-order valence-corrected chi connectivity index (χ1v) is 9.56. The molecule has 5 heteroatoms. The van der Waals surface area contributed by atoms with E-state index in [9.17, 15) is 13.5 Å². The highest BCUT2D eigenvalue weighted by Crippen LogP contribution is 2.17. The molecule has 0 heterocycles. The van der Waals surface area contributed by atoms with Crippen LogP contribution in [0.4, 0.5) is 0 Å². The van der Waals surface area contributed by atoms with Crippen LogP contribution in [-0.4, -0.2) is 29.4 Å². The van der Waals surface area contributed by atoms with Crippen molar-refractivity contribution < 1.29 is 18.1 Å². The summed E-state index contributed by atoms with van der Waals surface area (Å²) in [6.45, 7) is 4.08. The predicted octanol–water partition coefficient (Wildman–Crippen LogP) is 3.93. The molecule has 2 atom stereocenters. The van der Waals surface area contributed by atoms with Gasteiger partial charge in [-0.15, -0.1) is 0 Å². The molecule has 0 aliphatic rings. The summed E-state index contributed by atoms with van der Waals surface area (Å²) in [6, 6.07) is 0. The molecule has 0 radical (unpaired) electrons. The van der Waals surface area contributed by atoms with Crippen molar-refractivity contribution in [2.75, 3.05) is 0 Å². The average Bonchev–Trinajstić information content (AvgIpc) is 2.37. The maximum absolute atomic E-state index is 11.2. The van der Waals surface area contributed by atoms with Gasteiger partial charge >= 0.3 is 0 Å². The molecule has 0 saturated heterocycles. The zero-order valence-electron chi connectivity index (χ0n) is 13.1. The van der Waals surface area contributed by atoms with Crippen LogP contribution in [0.1, 0.15) is 84.5 Å². The Morgan fingerprint density at radius 1 is 0.800 bits per heavy atom. The lowest BCUT2D eigenvalue weighted by molar-refractivity contribution is 0.147. The molecule has 2 N–H and O–H groups in total. The Bertz CT molecular complexity index is 314. The van der Waals surface area contributed by atoms with E-state index in [1.54, 1.807) is 0 Å². The number of unbranched alkanes of at least 4 members (excludes halogenated alkanes) is 4. The third kappa shape index (κ3) is 10.6. The zero-order valence-corrected chi connectivity index (χ0v) is 13.9. The SMILES string of the molecule is CCCCCCC(O)CCCCC(CCC)S(=O)(=O)O. The van der Waals surface area contributed by atoms with Gasteiger partial charge in [-0.05, 0) is 25.7 Å². The van der Waals surface area contributed by atoms with Crippen LogP contribution in [-0.2, 0) is 10.1 Å². The van der Waals surface area contributed by atoms with Crippen molar-refractivity contribution in [3.8, 4) is 0 Å². The van der Waals surface area contributed by atoms with Gasteiger partial charge in [0.25, 0.3) is 10.1 Å². The van der Waals surface area contributed by atoms with Crippen molar-refractivity contribution in [1.29, 1.82) is 0 Å². The molecule has 0 aliphatic carbocycles. The van der Waals surface area contributed by atoms with Crippen molar-refractivity contribution in [2.45, 2.75) is 95.8 Å². The Morgan fingerprint density at radius 2 is 1.35 bits per heavy atom. The fourth-order valence-corrected chi connectivity index (χ4v) is 3.47. The van der Waals surface area contributed by atoms with E-state index in [2.05, 4.69) is 6.92 Å². The van der Waals surface area contributed by atoms with Gasteiger partial charge in [-0.2, -0.15) is 8.42 Å². The second kappa shape index (κ2) is 11.5. The van der Waals surface area contributed by atoms with Crippen LogP contribution in [0.25, 0.3) is 0 Å². The van der Waals surface area contributed by atoms with E-state index in [4.69, 9.17) is 4.55 Å². The number of hydrogen-bond acceptors (Lipinski definition) is 3. The molecule has 0 amide bonds. The molecule has 2 unspecified atom stereocenters. The third-order valence-corrected chi connectivity index (χ3v) is 5.05. The minimum atomic E-state index is -3.91. The summed E-state index contributed by atoms with van der Waals surface area (Å²) in [4.78, 5) is 0. The van der Waals surface area contributed by atoms with Crippen molar-refractivity contribution in [3.63, 3.8) is 0 Å². The van der Waals surface area contributed by atoms with Crippen LogP contribution in [0.2, 0.25) is 0 Å². The lowest BCUT2D eigenvalue weighted by Crippen LogP contribution is -2.20. The second-order valence-electron chi connectivity index (χ2n) is 5.71. The van der Waals surface area contributed by atoms with Gasteiger partial charge in [-0.25, -0.2) is 0 Å². The van der Waals surface area contributed by atoms with Crippen LogP contribution in [0, 0.1) is 0 Å². The van der Waals surface area contributed by atoms with Gasteiger partial charge in [0.2, 0.25) is 0 Å². The minimum Gasteiger partial charge on any atom is -0.393 e. The average molecular weight is 308 g/mol. The molecule has 0 fully saturated rings. The standard InChI is InChI=1S/C15H32O4S/c1-3-5-6-7-11-14(16)12-8-9-13-15(10-4-2)20(17,18)19/h14-16H,3-13H2,1-2H3,(H,17,18,19). The van der Waals surface area contributed by atoms with E-state index in [1.165, 1.54) is 19.3 Å². The highest BCUT2D eigenvalue weighted by molar-refractivity contribution is 7.86.